The number of aliphatic imine (C=N–C) groups is 1. The number of amidine groups is 1. The molecule has 1 aliphatic rings. The zero-order valence-corrected chi connectivity index (χ0v) is 11.0. The minimum Gasteiger partial charge on any atom is -0.305 e. The molecule has 1 aromatic carbocycles. The monoisotopic (exact) mass is 280 g/mol. The molecule has 1 N–H and O–H groups in total. The predicted molar refractivity (Wildman–Crippen MR) is 73.3 cm³/mol. The lowest BCUT2D eigenvalue weighted by atomic mass is 10.2. The van der Waals surface area contributed by atoms with Crippen LogP contribution in [-0.4, -0.2) is 17.0 Å². The number of carbonyl (C=O) groups is 2. The first-order chi connectivity index (χ1) is 8.54. The van der Waals surface area contributed by atoms with Gasteiger partial charge in [0.1, 0.15) is 0 Å². The Hall–Kier alpha value is -1.59. The Morgan fingerprint density at radius 2 is 2.06 bits per heavy atom. The van der Waals surface area contributed by atoms with Crippen molar-refractivity contribution in [2.24, 2.45) is 4.99 Å². The summed E-state index contributed by atoms with van der Waals surface area (Å²) in [4.78, 5) is 26.7. The van der Waals surface area contributed by atoms with Crippen LogP contribution in [0.2, 0.25) is 5.02 Å². The molecule has 0 aromatic heterocycles. The van der Waals surface area contributed by atoms with Gasteiger partial charge < -0.3 is 5.32 Å². The topological polar surface area (TPSA) is 58.5 Å². The fraction of sp³-hybridized carbons (Fsp3) is 0.0833. The zero-order chi connectivity index (χ0) is 13.1. The van der Waals surface area contributed by atoms with Gasteiger partial charge in [0.25, 0.3) is 5.91 Å². The van der Waals surface area contributed by atoms with Crippen LogP contribution in [-0.2, 0) is 9.59 Å². The lowest BCUT2D eigenvalue weighted by Crippen LogP contribution is -2.23. The summed E-state index contributed by atoms with van der Waals surface area (Å²) in [5.41, 5.74) is 0.856. The Balaban J connectivity index is 2.15. The van der Waals surface area contributed by atoms with Crippen molar-refractivity contribution in [1.29, 1.82) is 0 Å². The zero-order valence-electron chi connectivity index (χ0n) is 9.44. The number of halogens is 1. The van der Waals surface area contributed by atoms with E-state index in [9.17, 15) is 9.59 Å². The van der Waals surface area contributed by atoms with Crippen LogP contribution >= 0.6 is 23.4 Å². The molecule has 0 radical (unpaired) electrons. The molecule has 1 aliphatic heterocycles. The van der Waals surface area contributed by atoms with Crippen LogP contribution < -0.4 is 5.32 Å². The molecule has 1 heterocycles. The Bertz CT molecular complexity index is 564. The molecular weight excluding hydrogens is 272 g/mol. The Morgan fingerprint density at radius 3 is 2.67 bits per heavy atom. The summed E-state index contributed by atoms with van der Waals surface area (Å²) in [5, 5.41) is 3.44. The van der Waals surface area contributed by atoms with E-state index in [0.29, 0.717) is 15.1 Å². The van der Waals surface area contributed by atoms with Gasteiger partial charge in [0.15, 0.2) is 5.17 Å². The molecule has 92 valence electrons. The number of amides is 2. The molecule has 2 amide bonds. The third-order valence-corrected chi connectivity index (χ3v) is 3.22. The van der Waals surface area contributed by atoms with Crippen LogP contribution in [0.4, 0.5) is 0 Å². The van der Waals surface area contributed by atoms with Gasteiger partial charge in [0, 0.05) is 11.9 Å². The van der Waals surface area contributed by atoms with Gasteiger partial charge in [0.2, 0.25) is 5.91 Å². The summed E-state index contributed by atoms with van der Waals surface area (Å²) in [7, 11) is 0. The highest BCUT2D eigenvalue weighted by atomic mass is 35.5. The van der Waals surface area contributed by atoms with E-state index in [0.717, 1.165) is 17.3 Å². The first-order valence-corrected chi connectivity index (χ1v) is 6.30. The van der Waals surface area contributed by atoms with E-state index in [-0.39, 0.29) is 11.8 Å². The van der Waals surface area contributed by atoms with Crippen molar-refractivity contribution in [2.75, 3.05) is 0 Å². The molecule has 4 nitrogen and oxygen atoms in total. The maximum absolute atomic E-state index is 11.6. The first kappa shape index (κ1) is 12.9. The van der Waals surface area contributed by atoms with Gasteiger partial charge in [0.05, 0.1) is 4.91 Å². The normalized spacial score (nSPS) is 16.9. The number of carbonyl (C=O) groups excluding carboxylic acids is 2. The van der Waals surface area contributed by atoms with Crippen molar-refractivity contribution >= 4 is 46.4 Å². The van der Waals surface area contributed by atoms with Crippen molar-refractivity contribution in [2.45, 2.75) is 6.92 Å². The Labute approximate surface area is 113 Å². The van der Waals surface area contributed by atoms with Gasteiger partial charge in [-0.1, -0.05) is 23.7 Å². The quantitative estimate of drug-likeness (QED) is 0.804. The number of hydrogen-bond donors (Lipinski definition) is 1. The third kappa shape index (κ3) is 3.21. The molecule has 0 bridgehead atoms. The largest absolute Gasteiger partial charge is 0.305 e. The van der Waals surface area contributed by atoms with E-state index in [1.807, 2.05) is 0 Å². The average molecular weight is 281 g/mol. The van der Waals surface area contributed by atoms with E-state index in [2.05, 4.69) is 10.3 Å². The molecule has 0 aliphatic carbocycles. The lowest BCUT2D eigenvalue weighted by molar-refractivity contribution is -0.117. The Morgan fingerprint density at radius 1 is 1.39 bits per heavy atom. The summed E-state index contributed by atoms with van der Waals surface area (Å²) in [5.74, 6) is -0.597. The first-order valence-electron chi connectivity index (χ1n) is 5.10. The molecular formula is C12H9ClN2O2S. The van der Waals surface area contributed by atoms with Gasteiger partial charge in [-0.2, -0.15) is 4.99 Å². The molecule has 1 aromatic rings. The molecule has 2 rings (SSSR count). The van der Waals surface area contributed by atoms with E-state index in [4.69, 9.17) is 11.6 Å². The fourth-order valence-corrected chi connectivity index (χ4v) is 2.31. The van der Waals surface area contributed by atoms with Crippen molar-refractivity contribution in [3.63, 3.8) is 0 Å². The van der Waals surface area contributed by atoms with Crippen molar-refractivity contribution in [1.82, 2.24) is 5.32 Å². The van der Waals surface area contributed by atoms with Crippen LogP contribution in [0.3, 0.4) is 0 Å². The van der Waals surface area contributed by atoms with E-state index < -0.39 is 0 Å². The van der Waals surface area contributed by atoms with Crippen molar-refractivity contribution < 1.29 is 9.59 Å². The summed E-state index contributed by atoms with van der Waals surface area (Å²) >= 11 is 6.92. The molecule has 0 unspecified atom stereocenters. The van der Waals surface area contributed by atoms with Crippen molar-refractivity contribution in [3.8, 4) is 0 Å². The molecule has 0 spiro atoms. The molecule has 18 heavy (non-hydrogen) atoms. The van der Waals surface area contributed by atoms with Gasteiger partial charge in [-0.15, -0.1) is 0 Å². The highest BCUT2D eigenvalue weighted by Crippen LogP contribution is 2.27. The summed E-state index contributed by atoms with van der Waals surface area (Å²) in [6.07, 6.45) is 1.71. The number of hydrogen-bond acceptors (Lipinski definition) is 3. The van der Waals surface area contributed by atoms with Gasteiger partial charge in [-0.05, 0) is 35.5 Å². The minimum absolute atomic E-state index is 0.248. The van der Waals surface area contributed by atoms with Crippen LogP contribution in [0.5, 0.6) is 0 Å². The highest BCUT2D eigenvalue weighted by Gasteiger charge is 2.22. The SMILES string of the molecule is CC(=O)NC1=NC(=O)/C(=C/c2ccc(Cl)cc2)S1. The average Bonchev–Trinajstić information content (AvgIpc) is 2.61. The third-order valence-electron chi connectivity index (χ3n) is 2.07. The van der Waals surface area contributed by atoms with Crippen LogP contribution in [0, 0.1) is 0 Å². The minimum atomic E-state index is -0.348. The van der Waals surface area contributed by atoms with E-state index in [1.54, 1.807) is 30.3 Å². The van der Waals surface area contributed by atoms with Crippen LogP contribution in [0.15, 0.2) is 34.2 Å². The summed E-state index contributed by atoms with van der Waals surface area (Å²) in [6, 6.07) is 7.10. The van der Waals surface area contributed by atoms with E-state index >= 15 is 0 Å². The van der Waals surface area contributed by atoms with Crippen LogP contribution in [0.1, 0.15) is 12.5 Å². The van der Waals surface area contributed by atoms with E-state index in [1.165, 1.54) is 6.92 Å². The number of benzene rings is 1. The molecule has 6 heteroatoms. The smallest absolute Gasteiger partial charge is 0.286 e. The fourth-order valence-electron chi connectivity index (χ4n) is 1.32. The number of nitrogens with zero attached hydrogens (tertiary/aromatic N) is 1. The maximum atomic E-state index is 11.6. The molecule has 0 saturated heterocycles. The van der Waals surface area contributed by atoms with Crippen molar-refractivity contribution in [3.05, 3.63) is 39.8 Å². The second-order valence-corrected chi connectivity index (χ2v) is 5.03. The molecule has 0 saturated carbocycles. The van der Waals surface area contributed by atoms with Crippen LogP contribution in [0.25, 0.3) is 6.08 Å². The maximum Gasteiger partial charge on any atom is 0.286 e. The second-order valence-electron chi connectivity index (χ2n) is 3.57. The van der Waals surface area contributed by atoms with Gasteiger partial charge in [-0.25, -0.2) is 0 Å². The highest BCUT2D eigenvalue weighted by molar-refractivity contribution is 8.18. The number of nitrogens with one attached hydrogen (secondary N) is 1. The molecule has 0 fully saturated rings. The number of rotatable bonds is 1. The second kappa shape index (κ2) is 5.37. The predicted octanol–water partition coefficient (Wildman–Crippen LogP) is 2.45. The number of thioether (sulfide) groups is 1. The summed E-state index contributed by atoms with van der Waals surface area (Å²) in [6.45, 7) is 1.37. The Kier molecular flexibility index (Phi) is 3.84. The van der Waals surface area contributed by atoms with Gasteiger partial charge in [-0.3, -0.25) is 9.59 Å². The lowest BCUT2D eigenvalue weighted by Gasteiger charge is -1.98. The molecule has 0 atom stereocenters. The standard InChI is InChI=1S/C12H9ClN2O2S/c1-7(16)14-12-15-11(17)10(18-12)6-8-2-4-9(13)5-3-8/h2-6H,1H3,(H,14,15,16,17)/b10-6-. The summed E-state index contributed by atoms with van der Waals surface area (Å²) < 4.78 is 0. The van der Waals surface area contributed by atoms with Gasteiger partial charge >= 0.3 is 0 Å².